The highest BCUT2D eigenvalue weighted by Gasteiger charge is 2.21. The summed E-state index contributed by atoms with van der Waals surface area (Å²) in [6.45, 7) is 1.89. The van der Waals surface area contributed by atoms with Gasteiger partial charge in [-0.15, -0.1) is 11.3 Å². The van der Waals surface area contributed by atoms with Crippen molar-refractivity contribution in [3.05, 3.63) is 47.2 Å². The summed E-state index contributed by atoms with van der Waals surface area (Å²) in [7, 11) is 1.75. The standard InChI is InChI=1S/C16H17N3OS/c1-20-14-6-2-4-12-5-3-7-18(15(12)14)10-13-11-19-8-9-21-16(19)17-13/h2,4,6,8-9,11H,3,5,7,10H2,1H3. The van der Waals surface area contributed by atoms with E-state index in [2.05, 4.69) is 39.2 Å². The van der Waals surface area contributed by atoms with E-state index in [1.165, 1.54) is 17.7 Å². The molecule has 0 spiro atoms. The lowest BCUT2D eigenvalue weighted by Gasteiger charge is -2.32. The summed E-state index contributed by atoms with van der Waals surface area (Å²) in [4.78, 5) is 8.14. The molecule has 21 heavy (non-hydrogen) atoms. The number of thiazole rings is 1. The number of aromatic nitrogens is 2. The fourth-order valence-electron chi connectivity index (χ4n) is 3.07. The van der Waals surface area contributed by atoms with Crippen molar-refractivity contribution in [2.75, 3.05) is 18.6 Å². The maximum absolute atomic E-state index is 5.56. The minimum Gasteiger partial charge on any atom is -0.495 e. The Hall–Kier alpha value is -2.01. The van der Waals surface area contributed by atoms with Crippen molar-refractivity contribution in [1.29, 1.82) is 0 Å². The molecule has 4 nitrogen and oxygen atoms in total. The minimum absolute atomic E-state index is 0.835. The summed E-state index contributed by atoms with van der Waals surface area (Å²) in [6, 6.07) is 6.33. The lowest BCUT2D eigenvalue weighted by atomic mass is 10.0. The second kappa shape index (κ2) is 5.07. The van der Waals surface area contributed by atoms with E-state index in [9.17, 15) is 0 Å². The van der Waals surface area contributed by atoms with E-state index in [-0.39, 0.29) is 0 Å². The maximum atomic E-state index is 5.56. The van der Waals surface area contributed by atoms with E-state index >= 15 is 0 Å². The molecule has 0 unspecified atom stereocenters. The van der Waals surface area contributed by atoms with Crippen LogP contribution in [0.2, 0.25) is 0 Å². The van der Waals surface area contributed by atoms with Gasteiger partial charge >= 0.3 is 0 Å². The average molecular weight is 299 g/mol. The van der Waals surface area contributed by atoms with Crippen molar-refractivity contribution in [2.24, 2.45) is 0 Å². The Bertz CT molecular complexity index is 734. The molecule has 0 N–H and O–H groups in total. The monoisotopic (exact) mass is 299 g/mol. The predicted molar refractivity (Wildman–Crippen MR) is 85.4 cm³/mol. The molecule has 1 aliphatic heterocycles. The molecule has 0 atom stereocenters. The summed E-state index contributed by atoms with van der Waals surface area (Å²) in [5, 5.41) is 2.06. The van der Waals surface area contributed by atoms with Crippen molar-refractivity contribution in [3.63, 3.8) is 0 Å². The lowest BCUT2D eigenvalue weighted by molar-refractivity contribution is 0.412. The Balaban J connectivity index is 1.69. The summed E-state index contributed by atoms with van der Waals surface area (Å²) in [6.07, 6.45) is 6.49. The molecule has 0 amide bonds. The third-order valence-corrected chi connectivity index (χ3v) is 4.76. The molecule has 1 aromatic carbocycles. The zero-order chi connectivity index (χ0) is 14.2. The molecule has 0 bridgehead atoms. The molecule has 0 radical (unpaired) electrons. The van der Waals surface area contributed by atoms with Crippen LogP contribution < -0.4 is 9.64 Å². The van der Waals surface area contributed by atoms with Crippen molar-refractivity contribution < 1.29 is 4.74 Å². The Morgan fingerprint density at radius 1 is 1.38 bits per heavy atom. The van der Waals surface area contributed by atoms with Gasteiger partial charge in [0.25, 0.3) is 0 Å². The first-order valence-electron chi connectivity index (χ1n) is 7.17. The van der Waals surface area contributed by atoms with Gasteiger partial charge in [0.05, 0.1) is 25.0 Å². The zero-order valence-corrected chi connectivity index (χ0v) is 12.8. The molecule has 1 aliphatic rings. The van der Waals surface area contributed by atoms with Crippen LogP contribution in [0.3, 0.4) is 0 Å². The van der Waals surface area contributed by atoms with E-state index in [1.807, 2.05) is 6.07 Å². The second-order valence-corrected chi connectivity index (χ2v) is 6.19. The van der Waals surface area contributed by atoms with Crippen LogP contribution in [0.25, 0.3) is 4.96 Å². The van der Waals surface area contributed by atoms with Crippen LogP contribution in [0.1, 0.15) is 17.7 Å². The van der Waals surface area contributed by atoms with Gasteiger partial charge in [0, 0.05) is 24.3 Å². The number of hydrogen-bond acceptors (Lipinski definition) is 4. The molecule has 5 heteroatoms. The number of imidazole rings is 1. The Morgan fingerprint density at radius 2 is 2.33 bits per heavy atom. The van der Waals surface area contributed by atoms with Crippen LogP contribution in [-0.4, -0.2) is 23.0 Å². The minimum atomic E-state index is 0.835. The van der Waals surface area contributed by atoms with Crippen molar-refractivity contribution in [3.8, 4) is 5.75 Å². The Morgan fingerprint density at radius 3 is 3.19 bits per heavy atom. The first kappa shape index (κ1) is 12.7. The highest BCUT2D eigenvalue weighted by atomic mass is 32.1. The number of hydrogen-bond donors (Lipinski definition) is 0. The number of fused-ring (bicyclic) bond motifs is 2. The van der Waals surface area contributed by atoms with Crippen LogP contribution >= 0.6 is 11.3 Å². The number of nitrogens with zero attached hydrogens (tertiary/aromatic N) is 3. The molecule has 0 saturated carbocycles. The molecule has 0 saturated heterocycles. The molecular formula is C16H17N3OS. The topological polar surface area (TPSA) is 29.8 Å². The first-order valence-corrected chi connectivity index (χ1v) is 8.05. The average Bonchev–Trinajstić information content (AvgIpc) is 3.08. The fourth-order valence-corrected chi connectivity index (χ4v) is 3.79. The zero-order valence-electron chi connectivity index (χ0n) is 12.0. The molecular weight excluding hydrogens is 282 g/mol. The van der Waals surface area contributed by atoms with Gasteiger partial charge in [-0.25, -0.2) is 4.98 Å². The first-order chi connectivity index (χ1) is 10.3. The fraction of sp³-hybridized carbons (Fsp3) is 0.312. The number of para-hydroxylation sites is 1. The van der Waals surface area contributed by atoms with Crippen LogP contribution in [0.15, 0.2) is 36.0 Å². The number of ether oxygens (including phenoxy) is 1. The van der Waals surface area contributed by atoms with Gasteiger partial charge in [-0.05, 0) is 24.5 Å². The summed E-state index contributed by atoms with van der Waals surface area (Å²) >= 11 is 1.67. The largest absolute Gasteiger partial charge is 0.495 e. The van der Waals surface area contributed by atoms with Crippen molar-refractivity contribution in [2.45, 2.75) is 19.4 Å². The van der Waals surface area contributed by atoms with Crippen LogP contribution in [0.5, 0.6) is 5.75 Å². The molecule has 3 heterocycles. The van der Waals surface area contributed by atoms with Crippen molar-refractivity contribution >= 4 is 22.0 Å². The van der Waals surface area contributed by atoms with Gasteiger partial charge in [-0.3, -0.25) is 4.40 Å². The van der Waals surface area contributed by atoms with Crippen LogP contribution in [-0.2, 0) is 13.0 Å². The summed E-state index contributed by atoms with van der Waals surface area (Å²) in [5.74, 6) is 0.966. The highest BCUT2D eigenvalue weighted by molar-refractivity contribution is 7.15. The number of aryl methyl sites for hydroxylation is 1. The molecule has 0 aliphatic carbocycles. The lowest BCUT2D eigenvalue weighted by Crippen LogP contribution is -2.29. The molecule has 108 valence electrons. The summed E-state index contributed by atoms with van der Waals surface area (Å²) in [5.41, 5.74) is 3.73. The van der Waals surface area contributed by atoms with Crippen molar-refractivity contribution in [1.82, 2.24) is 9.38 Å². The van der Waals surface area contributed by atoms with Gasteiger partial charge < -0.3 is 9.64 Å². The van der Waals surface area contributed by atoms with Gasteiger partial charge in [0.15, 0.2) is 4.96 Å². The number of benzene rings is 1. The third kappa shape index (κ3) is 2.17. The van der Waals surface area contributed by atoms with E-state index in [1.54, 1.807) is 18.4 Å². The number of anilines is 1. The third-order valence-electron chi connectivity index (χ3n) is 3.99. The molecule has 0 fully saturated rings. The quantitative estimate of drug-likeness (QED) is 0.743. The normalized spacial score (nSPS) is 14.4. The maximum Gasteiger partial charge on any atom is 0.193 e. The van der Waals surface area contributed by atoms with Crippen LogP contribution in [0.4, 0.5) is 5.69 Å². The van der Waals surface area contributed by atoms with E-state index in [0.717, 1.165) is 35.9 Å². The molecule has 4 rings (SSSR count). The SMILES string of the molecule is COc1cccc2c1N(Cc1cn3ccsc3n1)CCC2. The number of methoxy groups -OCH3 is 1. The van der Waals surface area contributed by atoms with E-state index in [4.69, 9.17) is 9.72 Å². The smallest absolute Gasteiger partial charge is 0.193 e. The Labute approximate surface area is 127 Å². The summed E-state index contributed by atoms with van der Waals surface area (Å²) < 4.78 is 7.65. The molecule has 3 aromatic rings. The second-order valence-electron chi connectivity index (χ2n) is 5.32. The predicted octanol–water partition coefficient (Wildman–Crippen LogP) is 3.36. The van der Waals surface area contributed by atoms with Crippen LogP contribution in [0, 0.1) is 0 Å². The molecule has 2 aromatic heterocycles. The number of rotatable bonds is 3. The van der Waals surface area contributed by atoms with E-state index < -0.39 is 0 Å². The Kier molecular flexibility index (Phi) is 3.07. The van der Waals surface area contributed by atoms with E-state index in [0.29, 0.717) is 0 Å². The van der Waals surface area contributed by atoms with Gasteiger partial charge in [0.2, 0.25) is 0 Å². The highest BCUT2D eigenvalue weighted by Crippen LogP contribution is 2.36. The van der Waals surface area contributed by atoms with Gasteiger partial charge in [-0.2, -0.15) is 0 Å². The van der Waals surface area contributed by atoms with Gasteiger partial charge in [-0.1, -0.05) is 12.1 Å². The van der Waals surface area contributed by atoms with Gasteiger partial charge in [0.1, 0.15) is 5.75 Å².